The Bertz CT molecular complexity index is 724. The summed E-state index contributed by atoms with van der Waals surface area (Å²) in [5, 5.41) is 10.2. The number of hydrogen-bond donors (Lipinski definition) is 0. The van der Waals surface area contributed by atoms with Crippen molar-refractivity contribution in [1.82, 2.24) is 0 Å². The summed E-state index contributed by atoms with van der Waals surface area (Å²) in [6, 6.07) is 14.1. The third-order valence-electron chi connectivity index (χ3n) is 3.04. The first kappa shape index (κ1) is 15.9. The molecule has 0 saturated heterocycles. The zero-order valence-corrected chi connectivity index (χ0v) is 13.5. The lowest BCUT2D eigenvalue weighted by molar-refractivity contribution is 0.0976. The van der Waals surface area contributed by atoms with Gasteiger partial charge < -0.3 is 0 Å². The van der Waals surface area contributed by atoms with Crippen molar-refractivity contribution in [3.05, 3.63) is 63.6 Å². The minimum atomic E-state index is -0.942. The molecular weight excluding hydrogens is 325 g/mol. The number of Topliss-reactive ketones (excluding diaryl/α,β-unsaturated/α-hetero) is 1. The van der Waals surface area contributed by atoms with Crippen LogP contribution in [0.2, 0.25) is 10.0 Å². The molecule has 0 fully saturated rings. The fraction of sp³-hybridized carbons (Fsp3) is 0.125. The fourth-order valence-corrected chi connectivity index (χ4v) is 3.13. The van der Waals surface area contributed by atoms with Crippen LogP contribution in [0.25, 0.3) is 0 Å². The fourth-order valence-electron chi connectivity index (χ4n) is 2.01. The number of hydrogen-bond acceptors (Lipinski definition) is 3. The number of nitrogens with zero attached hydrogens (tertiary/aromatic N) is 1. The number of carbonyl (C=O) groups is 1. The third-order valence-corrected chi connectivity index (χ3v) is 4.40. The highest BCUT2D eigenvalue weighted by Gasteiger charge is 2.25. The van der Waals surface area contributed by atoms with Gasteiger partial charge in [-0.1, -0.05) is 47.5 Å². The van der Waals surface area contributed by atoms with Crippen LogP contribution in [0.4, 0.5) is 0 Å². The van der Waals surface area contributed by atoms with E-state index in [4.69, 9.17) is 23.2 Å². The summed E-state index contributed by atoms with van der Waals surface area (Å²) in [6.07, 6.45) is 1.89. The number of benzene rings is 2. The first-order valence-corrected chi connectivity index (χ1v) is 8.08. The van der Waals surface area contributed by atoms with E-state index in [1.807, 2.05) is 24.5 Å². The van der Waals surface area contributed by atoms with E-state index in [1.54, 1.807) is 24.3 Å². The molecule has 2 nitrogen and oxygen atoms in total. The van der Waals surface area contributed by atoms with Crippen molar-refractivity contribution >= 4 is 40.7 Å². The van der Waals surface area contributed by atoms with Gasteiger partial charge in [0.15, 0.2) is 5.78 Å². The monoisotopic (exact) mass is 335 g/mol. The normalized spacial score (nSPS) is 11.7. The van der Waals surface area contributed by atoms with E-state index >= 15 is 0 Å². The van der Waals surface area contributed by atoms with Crippen LogP contribution < -0.4 is 0 Å². The van der Waals surface area contributed by atoms with Gasteiger partial charge in [0, 0.05) is 20.5 Å². The van der Waals surface area contributed by atoms with Gasteiger partial charge in [-0.3, -0.25) is 4.79 Å². The molecule has 0 N–H and O–H groups in total. The van der Waals surface area contributed by atoms with Gasteiger partial charge in [-0.25, -0.2) is 0 Å². The Hall–Kier alpha value is -1.47. The van der Waals surface area contributed by atoms with Crippen molar-refractivity contribution < 1.29 is 4.79 Å². The molecule has 0 amide bonds. The molecule has 0 saturated carbocycles. The SMILES string of the molecule is CSc1ccccc1C(=O)C(C#N)c1ccc(Cl)cc1Cl. The standard InChI is InChI=1S/C16H11Cl2NOS/c1-21-15-5-3-2-4-12(15)16(20)13(9-19)11-7-6-10(17)8-14(11)18/h2-8,13H,1H3. The van der Waals surface area contributed by atoms with Crippen molar-refractivity contribution in [3.63, 3.8) is 0 Å². The minimum Gasteiger partial charge on any atom is -0.292 e. The second kappa shape index (κ2) is 7.00. The Balaban J connectivity index is 2.47. The quantitative estimate of drug-likeness (QED) is 0.569. The van der Waals surface area contributed by atoms with Gasteiger partial charge in [0.25, 0.3) is 0 Å². The van der Waals surface area contributed by atoms with E-state index in [2.05, 4.69) is 0 Å². The molecule has 2 rings (SSSR count). The van der Waals surface area contributed by atoms with Crippen LogP contribution in [-0.4, -0.2) is 12.0 Å². The summed E-state index contributed by atoms with van der Waals surface area (Å²) in [5.74, 6) is -1.20. The Morgan fingerprint density at radius 3 is 2.57 bits per heavy atom. The molecule has 0 aliphatic heterocycles. The maximum Gasteiger partial charge on any atom is 0.185 e. The zero-order valence-electron chi connectivity index (χ0n) is 11.1. The topological polar surface area (TPSA) is 40.9 Å². The summed E-state index contributed by atoms with van der Waals surface area (Å²) < 4.78 is 0. The highest BCUT2D eigenvalue weighted by molar-refractivity contribution is 7.98. The zero-order chi connectivity index (χ0) is 15.4. The van der Waals surface area contributed by atoms with E-state index in [1.165, 1.54) is 17.8 Å². The van der Waals surface area contributed by atoms with Gasteiger partial charge in [0.05, 0.1) is 6.07 Å². The van der Waals surface area contributed by atoms with E-state index in [0.717, 1.165) is 4.90 Å². The second-order valence-corrected chi connectivity index (χ2v) is 5.98. The summed E-state index contributed by atoms with van der Waals surface area (Å²) in [7, 11) is 0. The Kier molecular flexibility index (Phi) is 5.30. The van der Waals surface area contributed by atoms with Crippen LogP contribution in [0.3, 0.4) is 0 Å². The van der Waals surface area contributed by atoms with Crippen molar-refractivity contribution in [2.75, 3.05) is 6.26 Å². The lowest BCUT2D eigenvalue weighted by Gasteiger charge is -2.13. The van der Waals surface area contributed by atoms with Gasteiger partial charge in [0.1, 0.15) is 5.92 Å². The molecule has 5 heteroatoms. The van der Waals surface area contributed by atoms with Gasteiger partial charge in [-0.2, -0.15) is 5.26 Å². The molecule has 1 unspecified atom stereocenters. The average Bonchev–Trinajstić information content (AvgIpc) is 2.49. The van der Waals surface area contributed by atoms with Gasteiger partial charge in [-0.15, -0.1) is 11.8 Å². The second-order valence-electron chi connectivity index (χ2n) is 4.29. The summed E-state index contributed by atoms with van der Waals surface area (Å²) in [6.45, 7) is 0. The van der Waals surface area contributed by atoms with E-state index in [9.17, 15) is 10.1 Å². The van der Waals surface area contributed by atoms with Crippen LogP contribution >= 0.6 is 35.0 Å². The van der Waals surface area contributed by atoms with Crippen LogP contribution in [0, 0.1) is 11.3 Å². The molecular formula is C16H11Cl2NOS. The van der Waals surface area contributed by atoms with Gasteiger partial charge in [0.2, 0.25) is 0 Å². The molecule has 2 aromatic rings. The molecule has 0 spiro atoms. The molecule has 1 atom stereocenters. The maximum atomic E-state index is 12.7. The predicted molar refractivity (Wildman–Crippen MR) is 87.4 cm³/mol. The number of ketones is 1. The lowest BCUT2D eigenvalue weighted by atomic mass is 9.92. The number of nitriles is 1. The van der Waals surface area contributed by atoms with E-state index in [0.29, 0.717) is 21.2 Å². The number of carbonyl (C=O) groups excluding carboxylic acids is 1. The van der Waals surface area contributed by atoms with Gasteiger partial charge in [-0.05, 0) is 30.0 Å². The van der Waals surface area contributed by atoms with Crippen molar-refractivity contribution in [2.24, 2.45) is 0 Å². The Morgan fingerprint density at radius 2 is 1.95 bits per heavy atom. The Labute approximate surface area is 137 Å². The van der Waals surface area contributed by atoms with E-state index in [-0.39, 0.29) is 5.78 Å². The molecule has 0 aliphatic rings. The van der Waals surface area contributed by atoms with Crippen LogP contribution in [-0.2, 0) is 0 Å². The molecule has 0 bridgehead atoms. The molecule has 106 valence electrons. The molecule has 2 aromatic carbocycles. The maximum absolute atomic E-state index is 12.7. The van der Waals surface area contributed by atoms with E-state index < -0.39 is 5.92 Å². The molecule has 0 aromatic heterocycles. The van der Waals surface area contributed by atoms with Crippen LogP contribution in [0.1, 0.15) is 21.8 Å². The predicted octanol–water partition coefficient (Wildman–Crippen LogP) is 5.21. The smallest absolute Gasteiger partial charge is 0.185 e. The first-order valence-electron chi connectivity index (χ1n) is 6.10. The van der Waals surface area contributed by atoms with Gasteiger partial charge >= 0.3 is 0 Å². The molecule has 0 radical (unpaired) electrons. The minimum absolute atomic E-state index is 0.258. The Morgan fingerprint density at radius 1 is 1.24 bits per heavy atom. The largest absolute Gasteiger partial charge is 0.292 e. The molecule has 0 heterocycles. The van der Waals surface area contributed by atoms with Crippen molar-refractivity contribution in [1.29, 1.82) is 5.26 Å². The van der Waals surface area contributed by atoms with Crippen molar-refractivity contribution in [3.8, 4) is 6.07 Å². The lowest BCUT2D eigenvalue weighted by Crippen LogP contribution is -2.12. The third kappa shape index (κ3) is 3.41. The van der Waals surface area contributed by atoms with Crippen LogP contribution in [0.15, 0.2) is 47.4 Å². The first-order chi connectivity index (χ1) is 10.1. The average molecular weight is 336 g/mol. The van der Waals surface area contributed by atoms with Crippen LogP contribution in [0.5, 0.6) is 0 Å². The summed E-state index contributed by atoms with van der Waals surface area (Å²) in [5.41, 5.74) is 1.01. The number of halogens is 2. The summed E-state index contributed by atoms with van der Waals surface area (Å²) >= 11 is 13.4. The number of rotatable bonds is 4. The number of thioether (sulfide) groups is 1. The molecule has 0 aliphatic carbocycles. The van der Waals surface area contributed by atoms with Crippen molar-refractivity contribution in [2.45, 2.75) is 10.8 Å². The highest BCUT2D eigenvalue weighted by Crippen LogP contribution is 2.31. The molecule has 21 heavy (non-hydrogen) atoms. The highest BCUT2D eigenvalue weighted by atomic mass is 35.5. The summed E-state index contributed by atoms with van der Waals surface area (Å²) in [4.78, 5) is 13.5.